The summed E-state index contributed by atoms with van der Waals surface area (Å²) < 4.78 is 25.7. The SMILES string of the molecule is CC(N)C1=NN=CC1=NNc1ccc(F)c(F)c1. The van der Waals surface area contributed by atoms with Crippen LogP contribution in [-0.4, -0.2) is 23.7 Å². The van der Waals surface area contributed by atoms with Crippen molar-refractivity contribution >= 4 is 23.3 Å². The van der Waals surface area contributed by atoms with E-state index in [0.29, 0.717) is 17.1 Å². The fourth-order valence-corrected chi connectivity index (χ4v) is 1.36. The average molecular weight is 251 g/mol. The van der Waals surface area contributed by atoms with Gasteiger partial charge in [-0.15, -0.1) is 0 Å². The normalized spacial score (nSPS) is 18.0. The first-order chi connectivity index (χ1) is 8.58. The Morgan fingerprint density at radius 2 is 2.11 bits per heavy atom. The van der Waals surface area contributed by atoms with E-state index in [0.717, 1.165) is 12.1 Å². The Hall–Kier alpha value is -2.15. The van der Waals surface area contributed by atoms with Crippen LogP contribution in [0.5, 0.6) is 0 Å². The van der Waals surface area contributed by atoms with E-state index < -0.39 is 11.6 Å². The first kappa shape index (κ1) is 12.3. The third-order valence-electron chi connectivity index (χ3n) is 2.26. The van der Waals surface area contributed by atoms with Gasteiger partial charge >= 0.3 is 0 Å². The summed E-state index contributed by atoms with van der Waals surface area (Å²) >= 11 is 0. The van der Waals surface area contributed by atoms with E-state index in [1.54, 1.807) is 6.92 Å². The standard InChI is InChI=1S/C11H11F2N5/c1-6(14)11-10(5-15-18-11)17-16-7-2-3-8(12)9(13)4-7/h2-6,16H,14H2,1H3. The van der Waals surface area contributed by atoms with Crippen molar-refractivity contribution in [3.8, 4) is 0 Å². The first-order valence-electron chi connectivity index (χ1n) is 5.23. The largest absolute Gasteiger partial charge is 0.323 e. The Morgan fingerprint density at radius 3 is 2.78 bits per heavy atom. The molecule has 0 amide bonds. The molecule has 1 aliphatic rings. The summed E-state index contributed by atoms with van der Waals surface area (Å²) in [7, 11) is 0. The summed E-state index contributed by atoms with van der Waals surface area (Å²) in [5.41, 5.74) is 9.59. The highest BCUT2D eigenvalue weighted by molar-refractivity contribution is 6.65. The molecule has 0 aromatic heterocycles. The summed E-state index contributed by atoms with van der Waals surface area (Å²) in [5.74, 6) is -1.85. The number of anilines is 1. The molecule has 7 heteroatoms. The minimum Gasteiger partial charge on any atom is -0.323 e. The number of hydrogen-bond donors (Lipinski definition) is 2. The van der Waals surface area contributed by atoms with Crippen molar-refractivity contribution in [1.82, 2.24) is 0 Å². The maximum Gasteiger partial charge on any atom is 0.160 e. The molecule has 1 unspecified atom stereocenters. The topological polar surface area (TPSA) is 75.1 Å². The maximum atomic E-state index is 13.0. The summed E-state index contributed by atoms with van der Waals surface area (Å²) in [4.78, 5) is 0. The van der Waals surface area contributed by atoms with Crippen LogP contribution in [0.1, 0.15) is 6.92 Å². The summed E-state index contributed by atoms with van der Waals surface area (Å²) in [6, 6.07) is 3.09. The molecule has 1 heterocycles. The Balaban J connectivity index is 2.13. The fraction of sp³-hybridized carbons (Fsp3) is 0.182. The van der Waals surface area contributed by atoms with Gasteiger partial charge in [-0.05, 0) is 19.1 Å². The van der Waals surface area contributed by atoms with E-state index in [4.69, 9.17) is 5.73 Å². The van der Waals surface area contributed by atoms with Crippen LogP contribution in [0, 0.1) is 11.6 Å². The third-order valence-corrected chi connectivity index (χ3v) is 2.26. The molecule has 1 aliphatic heterocycles. The number of nitrogens with one attached hydrogen (secondary N) is 1. The molecule has 0 radical (unpaired) electrons. The van der Waals surface area contributed by atoms with Gasteiger partial charge in [0.1, 0.15) is 11.4 Å². The van der Waals surface area contributed by atoms with Gasteiger partial charge in [-0.3, -0.25) is 5.43 Å². The molecule has 18 heavy (non-hydrogen) atoms. The molecule has 1 aromatic rings. The van der Waals surface area contributed by atoms with Crippen LogP contribution in [0.2, 0.25) is 0 Å². The van der Waals surface area contributed by atoms with Crippen molar-refractivity contribution in [1.29, 1.82) is 0 Å². The lowest BCUT2D eigenvalue weighted by atomic mass is 10.1. The van der Waals surface area contributed by atoms with E-state index in [9.17, 15) is 8.78 Å². The van der Waals surface area contributed by atoms with Crippen LogP contribution in [-0.2, 0) is 0 Å². The van der Waals surface area contributed by atoms with Gasteiger partial charge in [-0.25, -0.2) is 8.78 Å². The van der Waals surface area contributed by atoms with Crippen LogP contribution < -0.4 is 11.2 Å². The van der Waals surface area contributed by atoms with E-state index in [1.807, 2.05) is 0 Å². The third kappa shape index (κ3) is 2.57. The van der Waals surface area contributed by atoms with Crippen molar-refractivity contribution in [3.05, 3.63) is 29.8 Å². The second kappa shape index (κ2) is 5.01. The van der Waals surface area contributed by atoms with Gasteiger partial charge in [-0.2, -0.15) is 15.3 Å². The number of rotatable bonds is 3. The highest BCUT2D eigenvalue weighted by Crippen LogP contribution is 2.13. The molecular formula is C11H11F2N5. The van der Waals surface area contributed by atoms with Crippen LogP contribution in [0.25, 0.3) is 0 Å². The second-order valence-electron chi connectivity index (χ2n) is 3.76. The molecule has 5 nitrogen and oxygen atoms in total. The van der Waals surface area contributed by atoms with Crippen molar-refractivity contribution in [2.24, 2.45) is 21.0 Å². The lowest BCUT2D eigenvalue weighted by molar-refractivity contribution is 0.509. The summed E-state index contributed by atoms with van der Waals surface area (Å²) in [5, 5.41) is 11.5. The smallest absolute Gasteiger partial charge is 0.160 e. The number of benzene rings is 1. The summed E-state index contributed by atoms with van der Waals surface area (Å²) in [6.07, 6.45) is 1.44. The zero-order chi connectivity index (χ0) is 13.1. The number of nitrogens with zero attached hydrogens (tertiary/aromatic N) is 3. The molecule has 0 saturated carbocycles. The number of nitrogens with two attached hydrogens (primary N) is 1. The van der Waals surface area contributed by atoms with Gasteiger partial charge < -0.3 is 5.73 Å². The van der Waals surface area contributed by atoms with Gasteiger partial charge in [0, 0.05) is 12.1 Å². The first-order valence-corrected chi connectivity index (χ1v) is 5.23. The minimum absolute atomic E-state index is 0.307. The Labute approximate surface area is 102 Å². The summed E-state index contributed by atoms with van der Waals surface area (Å²) in [6.45, 7) is 1.75. The Morgan fingerprint density at radius 1 is 1.33 bits per heavy atom. The van der Waals surface area contributed by atoms with E-state index in [1.165, 1.54) is 12.3 Å². The maximum absolute atomic E-state index is 13.0. The molecule has 1 atom stereocenters. The molecule has 0 fully saturated rings. The number of halogens is 2. The van der Waals surface area contributed by atoms with Crippen LogP contribution >= 0.6 is 0 Å². The molecule has 0 aliphatic carbocycles. The second-order valence-corrected chi connectivity index (χ2v) is 3.76. The predicted molar refractivity (Wildman–Crippen MR) is 67.0 cm³/mol. The van der Waals surface area contributed by atoms with E-state index in [-0.39, 0.29) is 6.04 Å². The molecule has 3 N–H and O–H groups in total. The lowest BCUT2D eigenvalue weighted by Crippen LogP contribution is -2.32. The number of hydrogen-bond acceptors (Lipinski definition) is 5. The highest BCUT2D eigenvalue weighted by atomic mass is 19.2. The van der Waals surface area contributed by atoms with Gasteiger partial charge in [0.2, 0.25) is 0 Å². The minimum atomic E-state index is -0.943. The zero-order valence-corrected chi connectivity index (χ0v) is 9.56. The van der Waals surface area contributed by atoms with Crippen LogP contribution in [0.15, 0.2) is 33.5 Å². The van der Waals surface area contributed by atoms with Crippen LogP contribution in [0.3, 0.4) is 0 Å². The number of hydrazone groups is 1. The monoisotopic (exact) mass is 251 g/mol. The fourth-order valence-electron chi connectivity index (χ4n) is 1.36. The van der Waals surface area contributed by atoms with Crippen molar-refractivity contribution in [2.45, 2.75) is 13.0 Å². The highest BCUT2D eigenvalue weighted by Gasteiger charge is 2.16. The quantitative estimate of drug-likeness (QED) is 0.799. The lowest BCUT2D eigenvalue weighted by Gasteiger charge is -2.05. The molecular weight excluding hydrogens is 240 g/mol. The molecule has 94 valence electrons. The van der Waals surface area contributed by atoms with Gasteiger partial charge in [0.05, 0.1) is 11.9 Å². The molecule has 0 spiro atoms. The average Bonchev–Trinajstić information content (AvgIpc) is 2.79. The van der Waals surface area contributed by atoms with Gasteiger partial charge in [-0.1, -0.05) is 0 Å². The van der Waals surface area contributed by atoms with Gasteiger partial charge in [0.25, 0.3) is 0 Å². The molecule has 1 aromatic carbocycles. The van der Waals surface area contributed by atoms with Crippen LogP contribution in [0.4, 0.5) is 14.5 Å². The molecule has 2 rings (SSSR count). The molecule has 0 bridgehead atoms. The van der Waals surface area contributed by atoms with E-state index in [2.05, 4.69) is 20.7 Å². The zero-order valence-electron chi connectivity index (χ0n) is 9.56. The Bertz CT molecular complexity index is 548. The predicted octanol–water partition coefficient (Wildman–Crippen LogP) is 1.52. The molecule has 0 saturated heterocycles. The van der Waals surface area contributed by atoms with Gasteiger partial charge in [0.15, 0.2) is 11.6 Å². The Kier molecular flexibility index (Phi) is 3.42. The van der Waals surface area contributed by atoms with E-state index >= 15 is 0 Å². The van der Waals surface area contributed by atoms with Crippen molar-refractivity contribution in [2.75, 3.05) is 5.43 Å². The van der Waals surface area contributed by atoms with Crippen molar-refractivity contribution < 1.29 is 8.78 Å². The van der Waals surface area contributed by atoms with Crippen molar-refractivity contribution in [3.63, 3.8) is 0 Å².